The van der Waals surface area contributed by atoms with E-state index < -0.39 is 0 Å². The Morgan fingerprint density at radius 1 is 1.14 bits per heavy atom. The van der Waals surface area contributed by atoms with Crippen LogP contribution in [0.4, 0.5) is 5.69 Å². The van der Waals surface area contributed by atoms with Gasteiger partial charge in [0.2, 0.25) is 5.69 Å². The van der Waals surface area contributed by atoms with E-state index in [1.165, 1.54) is 5.56 Å². The fraction of sp³-hybridized carbons (Fsp3) is 0.211. The van der Waals surface area contributed by atoms with E-state index in [9.17, 15) is 5.11 Å². The molecule has 1 aliphatic heterocycles. The molecule has 0 atom stereocenters. The molecule has 3 rings (SSSR count). The predicted octanol–water partition coefficient (Wildman–Crippen LogP) is 3.99. The third kappa shape index (κ3) is 2.29. The van der Waals surface area contributed by atoms with Gasteiger partial charge in [-0.05, 0) is 44.2 Å². The van der Waals surface area contributed by atoms with Gasteiger partial charge in [-0.3, -0.25) is 0 Å². The molecule has 0 saturated carbocycles. The van der Waals surface area contributed by atoms with E-state index in [0.29, 0.717) is 6.73 Å². The maximum absolute atomic E-state index is 9.33. The van der Waals surface area contributed by atoms with Crippen LogP contribution < -0.4 is 4.74 Å². The highest BCUT2D eigenvalue weighted by Crippen LogP contribution is 2.39. The largest absolute Gasteiger partial charge is 0.508 e. The smallest absolute Gasteiger partial charge is 0.292 e. The molecule has 1 aliphatic rings. The Kier molecular flexibility index (Phi) is 3.49. The van der Waals surface area contributed by atoms with E-state index in [-0.39, 0.29) is 11.2 Å². The molecule has 3 heteroatoms. The Hall–Kier alpha value is -2.55. The average Bonchev–Trinajstić information content (AvgIpc) is 2.74. The van der Waals surface area contributed by atoms with Crippen molar-refractivity contribution in [3.63, 3.8) is 0 Å². The zero-order valence-corrected chi connectivity index (χ0v) is 12.9. The topological polar surface area (TPSA) is 32.5 Å². The zero-order chi connectivity index (χ0) is 15.7. The average molecular weight is 294 g/mol. The first kappa shape index (κ1) is 14.4. The molecule has 112 valence electrons. The van der Waals surface area contributed by atoms with Gasteiger partial charge in [0.1, 0.15) is 11.5 Å². The van der Waals surface area contributed by atoms with Crippen LogP contribution in [0.1, 0.15) is 19.4 Å². The molecule has 2 aromatic carbocycles. The quantitative estimate of drug-likeness (QED) is 0.865. The Labute approximate surface area is 130 Å². The molecule has 0 spiro atoms. The molecule has 0 radical (unpaired) electrons. The van der Waals surface area contributed by atoms with Crippen LogP contribution in [-0.2, 0) is 5.41 Å². The number of rotatable bonds is 4. The van der Waals surface area contributed by atoms with E-state index in [0.717, 1.165) is 17.1 Å². The molecule has 0 fully saturated rings. The van der Waals surface area contributed by atoms with Crippen molar-refractivity contribution < 1.29 is 14.4 Å². The lowest BCUT2D eigenvalue weighted by Gasteiger charge is -2.14. The molecule has 22 heavy (non-hydrogen) atoms. The first-order valence-electron chi connectivity index (χ1n) is 7.33. The number of hydrogen-bond acceptors (Lipinski definition) is 2. The standard InChI is InChI=1S/C19H19NO2/c1-4-18-19(2,3)16-7-5-6-8-17(16)20(18)13-22-15-11-9-14(21)10-12-15/h4-12H,1,13H2,2-3H3/p+1. The van der Waals surface area contributed by atoms with Gasteiger partial charge < -0.3 is 9.84 Å². The summed E-state index contributed by atoms with van der Waals surface area (Å²) in [5.74, 6) is 0.960. The van der Waals surface area contributed by atoms with Crippen molar-refractivity contribution in [2.45, 2.75) is 19.3 Å². The second kappa shape index (κ2) is 5.34. The Balaban J connectivity index is 1.94. The number of para-hydroxylation sites is 1. The third-order valence-corrected chi connectivity index (χ3v) is 4.19. The molecule has 3 nitrogen and oxygen atoms in total. The first-order valence-corrected chi connectivity index (χ1v) is 7.33. The van der Waals surface area contributed by atoms with E-state index in [2.05, 4.69) is 43.2 Å². The monoisotopic (exact) mass is 294 g/mol. The summed E-state index contributed by atoms with van der Waals surface area (Å²) in [6, 6.07) is 15.1. The maximum atomic E-state index is 9.33. The molecule has 0 amide bonds. The van der Waals surface area contributed by atoms with E-state index in [4.69, 9.17) is 4.74 Å². The van der Waals surface area contributed by atoms with Crippen LogP contribution in [0.3, 0.4) is 0 Å². The molecular formula is C19H20NO2+. The summed E-state index contributed by atoms with van der Waals surface area (Å²) >= 11 is 0. The maximum Gasteiger partial charge on any atom is 0.292 e. The second-order valence-electron chi connectivity index (χ2n) is 5.93. The number of phenolic OH excluding ortho intramolecular Hbond substituents is 1. The van der Waals surface area contributed by atoms with Gasteiger partial charge in [-0.2, -0.15) is 4.58 Å². The summed E-state index contributed by atoms with van der Waals surface area (Å²) in [6.07, 6.45) is 1.90. The van der Waals surface area contributed by atoms with Gasteiger partial charge in [-0.15, -0.1) is 0 Å². The van der Waals surface area contributed by atoms with Gasteiger partial charge >= 0.3 is 0 Å². The number of hydrogen-bond donors (Lipinski definition) is 1. The van der Waals surface area contributed by atoms with Gasteiger partial charge in [0.05, 0.1) is 5.41 Å². The van der Waals surface area contributed by atoms with E-state index >= 15 is 0 Å². The van der Waals surface area contributed by atoms with Crippen LogP contribution >= 0.6 is 0 Å². The molecule has 0 bridgehead atoms. The van der Waals surface area contributed by atoms with Crippen molar-refractivity contribution in [1.29, 1.82) is 0 Å². The lowest BCUT2D eigenvalue weighted by molar-refractivity contribution is -0.475. The minimum atomic E-state index is -0.0866. The van der Waals surface area contributed by atoms with E-state index in [1.807, 2.05) is 12.1 Å². The molecular weight excluding hydrogens is 274 g/mol. The van der Waals surface area contributed by atoms with Crippen molar-refractivity contribution >= 4 is 11.4 Å². The molecule has 2 aromatic rings. The Morgan fingerprint density at radius 2 is 1.82 bits per heavy atom. The Bertz CT molecular complexity index is 742. The van der Waals surface area contributed by atoms with Gasteiger partial charge in [-0.1, -0.05) is 24.8 Å². The fourth-order valence-corrected chi connectivity index (χ4v) is 3.03. The SMILES string of the molecule is C=CC1=[N+](COc2ccc(O)cc2)c2ccccc2C1(C)C. The van der Waals surface area contributed by atoms with E-state index in [1.54, 1.807) is 24.3 Å². The van der Waals surface area contributed by atoms with Gasteiger partial charge in [0, 0.05) is 11.6 Å². The zero-order valence-electron chi connectivity index (χ0n) is 12.9. The summed E-state index contributed by atoms with van der Waals surface area (Å²) in [4.78, 5) is 0. The second-order valence-corrected chi connectivity index (χ2v) is 5.93. The molecule has 1 N–H and O–H groups in total. The van der Waals surface area contributed by atoms with Crippen molar-refractivity contribution in [2.75, 3.05) is 6.73 Å². The van der Waals surface area contributed by atoms with Crippen LogP contribution in [0.15, 0.2) is 61.2 Å². The van der Waals surface area contributed by atoms with Crippen LogP contribution in [0.5, 0.6) is 11.5 Å². The highest BCUT2D eigenvalue weighted by molar-refractivity contribution is 6.02. The lowest BCUT2D eigenvalue weighted by Crippen LogP contribution is -2.28. The third-order valence-electron chi connectivity index (χ3n) is 4.19. The predicted molar refractivity (Wildman–Crippen MR) is 88.2 cm³/mol. The summed E-state index contributed by atoms with van der Waals surface area (Å²) < 4.78 is 8.02. The molecule has 0 saturated heterocycles. The summed E-state index contributed by atoms with van der Waals surface area (Å²) in [5.41, 5.74) is 3.48. The highest BCUT2D eigenvalue weighted by atomic mass is 16.5. The van der Waals surface area contributed by atoms with Crippen molar-refractivity contribution in [3.8, 4) is 11.5 Å². The molecule has 1 heterocycles. The highest BCUT2D eigenvalue weighted by Gasteiger charge is 2.44. The van der Waals surface area contributed by atoms with Gasteiger partial charge in [0.15, 0.2) is 5.71 Å². The number of phenols is 1. The number of aromatic hydroxyl groups is 1. The number of ether oxygens (including phenoxy) is 1. The van der Waals surface area contributed by atoms with Crippen molar-refractivity contribution in [2.24, 2.45) is 0 Å². The van der Waals surface area contributed by atoms with Gasteiger partial charge in [-0.25, -0.2) is 0 Å². The number of allylic oxidation sites excluding steroid dienone is 1. The molecule has 0 aromatic heterocycles. The summed E-state index contributed by atoms with van der Waals surface area (Å²) in [7, 11) is 0. The van der Waals surface area contributed by atoms with Crippen molar-refractivity contribution in [1.82, 2.24) is 0 Å². The lowest BCUT2D eigenvalue weighted by atomic mass is 9.82. The number of benzene rings is 2. The minimum absolute atomic E-state index is 0.0866. The fourth-order valence-electron chi connectivity index (χ4n) is 3.03. The first-order chi connectivity index (χ1) is 10.5. The Morgan fingerprint density at radius 3 is 2.50 bits per heavy atom. The molecule has 0 aliphatic carbocycles. The van der Waals surface area contributed by atoms with Crippen LogP contribution in [0, 0.1) is 0 Å². The normalized spacial score (nSPS) is 15.5. The molecule has 0 unspecified atom stereocenters. The van der Waals surface area contributed by atoms with Crippen LogP contribution in [0.2, 0.25) is 0 Å². The number of nitrogens with zero attached hydrogens (tertiary/aromatic N) is 1. The van der Waals surface area contributed by atoms with Gasteiger partial charge in [0.25, 0.3) is 6.73 Å². The summed E-state index contributed by atoms with van der Waals surface area (Å²) in [5, 5.41) is 9.33. The minimum Gasteiger partial charge on any atom is -0.508 e. The van der Waals surface area contributed by atoms with Crippen LogP contribution in [0.25, 0.3) is 0 Å². The summed E-state index contributed by atoms with van der Waals surface area (Å²) in [6.45, 7) is 8.78. The van der Waals surface area contributed by atoms with Crippen molar-refractivity contribution in [3.05, 3.63) is 66.7 Å². The number of fused-ring (bicyclic) bond motifs is 1. The van der Waals surface area contributed by atoms with Crippen LogP contribution in [-0.4, -0.2) is 22.1 Å².